The molecular weight excluding hydrogens is 478 g/mol. The van der Waals surface area contributed by atoms with Crippen molar-refractivity contribution in [2.24, 2.45) is 13.0 Å². The number of amides is 3. The highest BCUT2D eigenvalue weighted by Crippen LogP contribution is 2.28. The van der Waals surface area contributed by atoms with Crippen LogP contribution < -0.4 is 10.6 Å². The van der Waals surface area contributed by atoms with Crippen molar-refractivity contribution < 1.29 is 24.3 Å². The standard InChI is InChI=1S/C25H29N7O5/c1-14(2)10-20(22(33)26-13-21-28-30-31(3)29-21)27-19(25(36)37)8-9-32-23(34)17-11-15-6-4-5-7-16(15)12-18(17)24(32)35/h4-7,11-12,14,19-20,27H,8-10,13H2,1-3H3,(H,26,33)(H,36,37)/t19?,20-/m1/s1. The van der Waals surface area contributed by atoms with E-state index in [1.54, 1.807) is 19.2 Å². The number of benzene rings is 2. The van der Waals surface area contributed by atoms with E-state index in [9.17, 15) is 24.3 Å². The molecule has 1 aliphatic heterocycles. The molecular formula is C25H29N7O5. The summed E-state index contributed by atoms with van der Waals surface area (Å²) >= 11 is 0. The van der Waals surface area contributed by atoms with E-state index in [2.05, 4.69) is 26.0 Å². The molecule has 2 atom stereocenters. The van der Waals surface area contributed by atoms with E-state index in [1.807, 2.05) is 38.1 Å². The molecule has 3 aromatic rings. The Morgan fingerprint density at radius 2 is 1.65 bits per heavy atom. The summed E-state index contributed by atoms with van der Waals surface area (Å²) in [7, 11) is 1.61. The Morgan fingerprint density at radius 1 is 1.03 bits per heavy atom. The first-order valence-electron chi connectivity index (χ1n) is 12.0. The SMILES string of the molecule is CC(C)C[C@@H](NC(CCN1C(=O)c2cc3ccccc3cc2C1=O)C(=O)O)C(=O)NCc1nnn(C)n1. The molecule has 0 fully saturated rings. The minimum Gasteiger partial charge on any atom is -0.480 e. The van der Waals surface area contributed by atoms with Crippen molar-refractivity contribution in [2.45, 2.75) is 45.3 Å². The summed E-state index contributed by atoms with van der Waals surface area (Å²) in [4.78, 5) is 53.2. The number of carbonyl (C=O) groups excluding carboxylic acids is 3. The van der Waals surface area contributed by atoms with Gasteiger partial charge in [-0.3, -0.25) is 29.4 Å². The fourth-order valence-electron chi connectivity index (χ4n) is 4.37. The zero-order chi connectivity index (χ0) is 26.7. The zero-order valence-corrected chi connectivity index (χ0v) is 20.8. The molecule has 2 aromatic carbocycles. The molecule has 3 amide bonds. The number of imide groups is 1. The number of carboxylic acids is 1. The van der Waals surface area contributed by atoms with Crippen molar-refractivity contribution in [1.29, 1.82) is 0 Å². The minimum atomic E-state index is -1.18. The molecule has 12 nitrogen and oxygen atoms in total. The van der Waals surface area contributed by atoms with Gasteiger partial charge in [0, 0.05) is 6.54 Å². The Kier molecular flexibility index (Phi) is 7.58. The van der Waals surface area contributed by atoms with Crippen molar-refractivity contribution in [2.75, 3.05) is 6.54 Å². The van der Waals surface area contributed by atoms with Gasteiger partial charge in [0.05, 0.1) is 30.8 Å². The Morgan fingerprint density at radius 3 is 2.16 bits per heavy atom. The quantitative estimate of drug-likeness (QED) is 0.323. The van der Waals surface area contributed by atoms with Gasteiger partial charge < -0.3 is 10.4 Å². The van der Waals surface area contributed by atoms with E-state index in [0.29, 0.717) is 23.4 Å². The Bertz CT molecular complexity index is 1300. The summed E-state index contributed by atoms with van der Waals surface area (Å²) in [6, 6.07) is 8.83. The fourth-order valence-corrected chi connectivity index (χ4v) is 4.37. The van der Waals surface area contributed by atoms with Crippen LogP contribution in [0.1, 0.15) is 53.2 Å². The second-order valence-electron chi connectivity index (χ2n) is 9.45. The number of nitrogens with zero attached hydrogens (tertiary/aromatic N) is 5. The lowest BCUT2D eigenvalue weighted by Gasteiger charge is -2.25. The van der Waals surface area contributed by atoms with E-state index < -0.39 is 35.8 Å². The van der Waals surface area contributed by atoms with Crippen molar-refractivity contribution >= 4 is 34.5 Å². The summed E-state index contributed by atoms with van der Waals surface area (Å²) in [5.74, 6) is -2.07. The van der Waals surface area contributed by atoms with Crippen molar-refractivity contribution in [3.05, 3.63) is 53.3 Å². The highest BCUT2D eigenvalue weighted by atomic mass is 16.4. The van der Waals surface area contributed by atoms with Gasteiger partial charge >= 0.3 is 5.97 Å². The maximum atomic E-state index is 13.0. The lowest BCUT2D eigenvalue weighted by atomic mass is 10.0. The van der Waals surface area contributed by atoms with E-state index >= 15 is 0 Å². The third-order valence-corrected chi connectivity index (χ3v) is 6.17. The number of hydrogen-bond acceptors (Lipinski definition) is 8. The summed E-state index contributed by atoms with van der Waals surface area (Å²) in [5, 5.41) is 28.7. The second-order valence-corrected chi connectivity index (χ2v) is 9.45. The number of aromatic nitrogens is 4. The maximum absolute atomic E-state index is 13.0. The average molecular weight is 508 g/mol. The van der Waals surface area contributed by atoms with E-state index in [-0.39, 0.29) is 25.4 Å². The highest BCUT2D eigenvalue weighted by Gasteiger charge is 2.37. The number of rotatable bonds is 11. The number of hydrogen-bond donors (Lipinski definition) is 3. The van der Waals surface area contributed by atoms with Gasteiger partial charge in [0.2, 0.25) is 5.91 Å². The molecule has 37 heavy (non-hydrogen) atoms. The third-order valence-electron chi connectivity index (χ3n) is 6.17. The number of carboxylic acid groups (broad SMARTS) is 1. The summed E-state index contributed by atoms with van der Waals surface area (Å²) < 4.78 is 0. The Labute approximate surface area is 213 Å². The average Bonchev–Trinajstić information content (AvgIpc) is 3.38. The lowest BCUT2D eigenvalue weighted by molar-refractivity contribution is -0.140. The molecule has 194 valence electrons. The predicted octanol–water partition coefficient (Wildman–Crippen LogP) is 1.12. The second kappa shape index (κ2) is 10.8. The molecule has 0 bridgehead atoms. The van der Waals surface area contributed by atoms with Gasteiger partial charge in [-0.05, 0) is 46.9 Å². The van der Waals surface area contributed by atoms with Crippen LogP contribution in [0.2, 0.25) is 0 Å². The summed E-state index contributed by atoms with van der Waals surface area (Å²) in [6.07, 6.45) is 0.316. The summed E-state index contributed by atoms with van der Waals surface area (Å²) in [6.45, 7) is 3.78. The molecule has 1 aliphatic rings. The number of aryl methyl sites for hydroxylation is 1. The lowest BCUT2D eigenvalue weighted by Crippen LogP contribution is -2.52. The molecule has 1 unspecified atom stereocenters. The first-order valence-corrected chi connectivity index (χ1v) is 12.0. The van der Waals surface area contributed by atoms with Crippen LogP contribution in [0.15, 0.2) is 36.4 Å². The maximum Gasteiger partial charge on any atom is 0.320 e. The number of tetrazole rings is 1. The van der Waals surface area contributed by atoms with Gasteiger partial charge in [0.15, 0.2) is 5.82 Å². The van der Waals surface area contributed by atoms with Gasteiger partial charge in [-0.2, -0.15) is 4.80 Å². The van der Waals surface area contributed by atoms with Crippen LogP contribution in [0, 0.1) is 5.92 Å². The molecule has 0 saturated carbocycles. The number of aliphatic carboxylic acids is 1. The molecule has 4 rings (SSSR count). The van der Waals surface area contributed by atoms with Crippen LogP contribution in [-0.2, 0) is 23.2 Å². The van der Waals surface area contributed by atoms with Crippen molar-refractivity contribution in [3.8, 4) is 0 Å². The van der Waals surface area contributed by atoms with Crippen LogP contribution in [0.4, 0.5) is 0 Å². The molecule has 0 aliphatic carbocycles. The minimum absolute atomic E-state index is 0.0457. The molecule has 0 spiro atoms. The van der Waals surface area contributed by atoms with Crippen LogP contribution >= 0.6 is 0 Å². The topological polar surface area (TPSA) is 159 Å². The first-order chi connectivity index (χ1) is 17.6. The molecule has 1 aromatic heterocycles. The van der Waals surface area contributed by atoms with E-state index in [0.717, 1.165) is 15.7 Å². The van der Waals surface area contributed by atoms with Crippen molar-refractivity contribution in [1.82, 2.24) is 35.7 Å². The summed E-state index contributed by atoms with van der Waals surface area (Å²) in [5.41, 5.74) is 0.608. The first kappa shape index (κ1) is 25.9. The molecule has 0 radical (unpaired) electrons. The number of fused-ring (bicyclic) bond motifs is 2. The molecule has 12 heteroatoms. The Hall–Kier alpha value is -4.19. The molecule has 2 heterocycles. The predicted molar refractivity (Wildman–Crippen MR) is 132 cm³/mol. The van der Waals surface area contributed by atoms with Gasteiger partial charge in [0.25, 0.3) is 11.8 Å². The van der Waals surface area contributed by atoms with Crippen molar-refractivity contribution in [3.63, 3.8) is 0 Å². The van der Waals surface area contributed by atoms with Gasteiger partial charge in [-0.15, -0.1) is 10.2 Å². The number of carbonyl (C=O) groups is 4. The van der Waals surface area contributed by atoms with E-state index in [4.69, 9.17) is 0 Å². The molecule has 3 N–H and O–H groups in total. The molecule has 0 saturated heterocycles. The smallest absolute Gasteiger partial charge is 0.320 e. The van der Waals surface area contributed by atoms with Gasteiger partial charge in [0.1, 0.15) is 6.04 Å². The fraction of sp³-hybridized carbons (Fsp3) is 0.400. The highest BCUT2D eigenvalue weighted by molar-refractivity contribution is 6.23. The number of nitrogens with one attached hydrogen (secondary N) is 2. The monoisotopic (exact) mass is 507 g/mol. The van der Waals surface area contributed by atoms with Crippen LogP contribution in [0.3, 0.4) is 0 Å². The van der Waals surface area contributed by atoms with Crippen LogP contribution in [0.5, 0.6) is 0 Å². The van der Waals surface area contributed by atoms with E-state index in [1.165, 1.54) is 4.80 Å². The van der Waals surface area contributed by atoms with Gasteiger partial charge in [-0.1, -0.05) is 38.1 Å². The van der Waals surface area contributed by atoms with Crippen LogP contribution in [0.25, 0.3) is 10.8 Å². The van der Waals surface area contributed by atoms with Gasteiger partial charge in [-0.25, -0.2) is 0 Å². The zero-order valence-electron chi connectivity index (χ0n) is 20.8. The largest absolute Gasteiger partial charge is 0.480 e. The third kappa shape index (κ3) is 5.80. The van der Waals surface area contributed by atoms with Crippen LogP contribution in [-0.4, -0.2) is 72.5 Å². The normalized spacial score (nSPS) is 14.8. The Balaban J connectivity index is 1.43.